The van der Waals surface area contributed by atoms with E-state index in [0.29, 0.717) is 5.54 Å². The maximum absolute atomic E-state index is 9.40. The molecule has 0 heterocycles. The molecule has 1 atom stereocenters. The molecule has 17 heavy (non-hydrogen) atoms. The van der Waals surface area contributed by atoms with Crippen molar-refractivity contribution in [1.29, 1.82) is 0 Å². The molecule has 0 bridgehead atoms. The summed E-state index contributed by atoms with van der Waals surface area (Å²) in [6.07, 6.45) is 6.32. The van der Waals surface area contributed by atoms with E-state index in [1.54, 1.807) is 0 Å². The van der Waals surface area contributed by atoms with Gasteiger partial charge < -0.3 is 15.3 Å². The van der Waals surface area contributed by atoms with Crippen LogP contribution in [0.4, 0.5) is 0 Å². The number of hydrogen-bond donors (Lipinski definition) is 2. The van der Waals surface area contributed by atoms with Crippen molar-refractivity contribution >= 4 is 0 Å². The fraction of sp³-hybridized carbons (Fsp3) is 1.00. The zero-order valence-electron chi connectivity index (χ0n) is 12.1. The summed E-state index contributed by atoms with van der Waals surface area (Å²) in [5, 5.41) is 13.0. The Labute approximate surface area is 107 Å². The van der Waals surface area contributed by atoms with Crippen LogP contribution in [0.1, 0.15) is 46.0 Å². The molecule has 1 saturated carbocycles. The lowest BCUT2D eigenvalue weighted by molar-refractivity contribution is 0.115. The van der Waals surface area contributed by atoms with Gasteiger partial charge in [-0.15, -0.1) is 0 Å². The van der Waals surface area contributed by atoms with Crippen LogP contribution in [0.2, 0.25) is 0 Å². The number of nitrogens with zero attached hydrogens (tertiary/aromatic N) is 1. The molecule has 1 aliphatic rings. The maximum Gasteiger partial charge on any atom is 0.0496 e. The highest BCUT2D eigenvalue weighted by molar-refractivity contribution is 4.94. The molecule has 102 valence electrons. The summed E-state index contributed by atoms with van der Waals surface area (Å²) in [5.74, 6) is 0. The van der Waals surface area contributed by atoms with Crippen LogP contribution in [0.3, 0.4) is 0 Å². The molecule has 3 nitrogen and oxygen atoms in total. The van der Waals surface area contributed by atoms with Crippen molar-refractivity contribution in [3.05, 3.63) is 0 Å². The second-order valence-electron chi connectivity index (χ2n) is 6.25. The lowest BCUT2D eigenvalue weighted by atomic mass is 9.88. The largest absolute Gasteiger partial charge is 0.396 e. The molecule has 0 aromatic heterocycles. The van der Waals surface area contributed by atoms with E-state index < -0.39 is 0 Å². The third kappa shape index (κ3) is 3.67. The van der Waals surface area contributed by atoms with Crippen molar-refractivity contribution in [2.75, 3.05) is 33.8 Å². The minimum absolute atomic E-state index is 0.0338. The highest BCUT2D eigenvalue weighted by Crippen LogP contribution is 2.33. The second-order valence-corrected chi connectivity index (χ2v) is 6.25. The normalized spacial score (nSPS) is 22.9. The van der Waals surface area contributed by atoms with E-state index in [9.17, 15) is 5.11 Å². The SMILES string of the molecule is CCC(C)(CO)CNCC1(N(C)C)CCCC1. The third-order valence-corrected chi connectivity index (χ3v) is 4.72. The monoisotopic (exact) mass is 242 g/mol. The first-order valence-corrected chi connectivity index (χ1v) is 6.97. The molecule has 1 aliphatic carbocycles. The molecule has 0 aliphatic heterocycles. The number of aliphatic hydroxyl groups is 1. The Morgan fingerprint density at radius 2 is 1.88 bits per heavy atom. The smallest absolute Gasteiger partial charge is 0.0496 e. The van der Waals surface area contributed by atoms with Crippen molar-refractivity contribution in [1.82, 2.24) is 10.2 Å². The van der Waals surface area contributed by atoms with Crippen molar-refractivity contribution in [3.63, 3.8) is 0 Å². The van der Waals surface area contributed by atoms with Crippen LogP contribution in [-0.4, -0.2) is 49.3 Å². The summed E-state index contributed by atoms with van der Waals surface area (Å²) < 4.78 is 0. The molecule has 0 aromatic carbocycles. The van der Waals surface area contributed by atoms with E-state index in [1.807, 2.05) is 0 Å². The Balaban J connectivity index is 2.43. The lowest BCUT2D eigenvalue weighted by Gasteiger charge is -2.38. The van der Waals surface area contributed by atoms with E-state index in [4.69, 9.17) is 0 Å². The van der Waals surface area contributed by atoms with Crippen LogP contribution < -0.4 is 5.32 Å². The first-order chi connectivity index (χ1) is 7.98. The molecule has 3 heteroatoms. The summed E-state index contributed by atoms with van der Waals surface area (Å²) in [5.41, 5.74) is 0.385. The molecular weight excluding hydrogens is 212 g/mol. The lowest BCUT2D eigenvalue weighted by Crippen LogP contribution is -2.51. The molecule has 0 saturated heterocycles. The Kier molecular flexibility index (Phi) is 5.42. The first kappa shape index (κ1) is 14.9. The van der Waals surface area contributed by atoms with Crippen LogP contribution in [0.25, 0.3) is 0 Å². The number of nitrogens with one attached hydrogen (secondary N) is 1. The quantitative estimate of drug-likeness (QED) is 0.715. The van der Waals surface area contributed by atoms with Gasteiger partial charge in [0.2, 0.25) is 0 Å². The third-order valence-electron chi connectivity index (χ3n) is 4.72. The van der Waals surface area contributed by atoms with E-state index in [-0.39, 0.29) is 12.0 Å². The molecule has 1 unspecified atom stereocenters. The molecule has 0 spiro atoms. The van der Waals surface area contributed by atoms with Gasteiger partial charge in [0.05, 0.1) is 0 Å². The van der Waals surface area contributed by atoms with Crippen LogP contribution in [0, 0.1) is 5.41 Å². The zero-order valence-corrected chi connectivity index (χ0v) is 12.1. The number of aliphatic hydroxyl groups excluding tert-OH is 1. The summed E-state index contributed by atoms with van der Waals surface area (Å²) >= 11 is 0. The predicted octanol–water partition coefficient (Wildman–Crippen LogP) is 1.86. The van der Waals surface area contributed by atoms with Gasteiger partial charge in [-0.05, 0) is 33.4 Å². The Morgan fingerprint density at radius 3 is 2.29 bits per heavy atom. The Hall–Kier alpha value is -0.120. The maximum atomic E-state index is 9.40. The highest BCUT2D eigenvalue weighted by atomic mass is 16.3. The molecule has 1 rings (SSSR count). The minimum atomic E-state index is 0.0338. The van der Waals surface area contributed by atoms with Crippen LogP contribution in [0.5, 0.6) is 0 Å². The van der Waals surface area contributed by atoms with Gasteiger partial charge >= 0.3 is 0 Å². The van der Waals surface area contributed by atoms with Crippen LogP contribution in [0.15, 0.2) is 0 Å². The van der Waals surface area contributed by atoms with E-state index in [2.05, 4.69) is 38.2 Å². The minimum Gasteiger partial charge on any atom is -0.396 e. The van der Waals surface area contributed by atoms with Gasteiger partial charge in [-0.2, -0.15) is 0 Å². The molecule has 1 fully saturated rings. The standard InChI is InChI=1S/C14H30N2O/c1-5-13(2,12-17)10-15-11-14(16(3)4)8-6-7-9-14/h15,17H,5-12H2,1-4H3. The summed E-state index contributed by atoms with van der Waals surface area (Å²) in [7, 11) is 4.39. The molecule has 0 amide bonds. The van der Waals surface area contributed by atoms with E-state index in [1.165, 1.54) is 25.7 Å². The fourth-order valence-corrected chi connectivity index (χ4v) is 2.70. The average molecular weight is 242 g/mol. The van der Waals surface area contributed by atoms with Crippen molar-refractivity contribution < 1.29 is 5.11 Å². The second kappa shape index (κ2) is 6.17. The van der Waals surface area contributed by atoms with Gasteiger partial charge in [-0.3, -0.25) is 0 Å². The van der Waals surface area contributed by atoms with Gasteiger partial charge in [-0.1, -0.05) is 26.7 Å². The van der Waals surface area contributed by atoms with Gasteiger partial charge in [0.1, 0.15) is 0 Å². The van der Waals surface area contributed by atoms with Gasteiger partial charge in [0.15, 0.2) is 0 Å². The summed E-state index contributed by atoms with van der Waals surface area (Å²) in [6.45, 7) is 6.53. The van der Waals surface area contributed by atoms with Gasteiger partial charge in [0.25, 0.3) is 0 Å². The zero-order chi connectivity index (χ0) is 12.9. The molecular formula is C14H30N2O. The number of likely N-dealkylation sites (N-methyl/N-ethyl adjacent to an activating group) is 1. The van der Waals surface area contributed by atoms with E-state index >= 15 is 0 Å². The number of rotatable bonds is 7. The number of hydrogen-bond acceptors (Lipinski definition) is 3. The fourth-order valence-electron chi connectivity index (χ4n) is 2.70. The van der Waals surface area contributed by atoms with Crippen molar-refractivity contribution in [2.45, 2.75) is 51.5 Å². The average Bonchev–Trinajstić information content (AvgIpc) is 2.79. The van der Waals surface area contributed by atoms with Crippen molar-refractivity contribution in [3.8, 4) is 0 Å². The molecule has 0 radical (unpaired) electrons. The molecule has 2 N–H and O–H groups in total. The summed E-state index contributed by atoms with van der Waals surface area (Å²) in [4.78, 5) is 2.38. The van der Waals surface area contributed by atoms with Crippen molar-refractivity contribution in [2.24, 2.45) is 5.41 Å². The molecule has 0 aromatic rings. The van der Waals surface area contributed by atoms with Gasteiger partial charge in [-0.25, -0.2) is 0 Å². The van der Waals surface area contributed by atoms with Crippen LogP contribution >= 0.6 is 0 Å². The highest BCUT2D eigenvalue weighted by Gasteiger charge is 2.35. The predicted molar refractivity (Wildman–Crippen MR) is 73.2 cm³/mol. The topological polar surface area (TPSA) is 35.5 Å². The summed E-state index contributed by atoms with van der Waals surface area (Å²) in [6, 6.07) is 0. The van der Waals surface area contributed by atoms with Crippen LogP contribution in [-0.2, 0) is 0 Å². The first-order valence-electron chi connectivity index (χ1n) is 6.97. The van der Waals surface area contributed by atoms with Gasteiger partial charge in [0, 0.05) is 30.7 Å². The Bertz CT molecular complexity index is 218. The Morgan fingerprint density at radius 1 is 1.29 bits per heavy atom. The van der Waals surface area contributed by atoms with E-state index in [0.717, 1.165) is 19.5 Å².